The Labute approximate surface area is 181 Å². The SMILES string of the molecule is Cn1cc2nc1-c1nc(cn1C)C(C)(C)c1ccc([n-]1)-c1ccc([n-]1)C2(C)C.[Cu+2]. The molecule has 0 spiro atoms. The van der Waals surface area contributed by atoms with Gasteiger partial charge in [-0.25, -0.2) is 9.97 Å². The number of hydrogen-bond donors (Lipinski definition) is 0. The Balaban J connectivity index is 0.00000205. The molecule has 7 heteroatoms. The summed E-state index contributed by atoms with van der Waals surface area (Å²) >= 11 is 0. The zero-order valence-electron chi connectivity index (χ0n) is 17.4. The summed E-state index contributed by atoms with van der Waals surface area (Å²) in [4.78, 5) is 19.8. The summed E-state index contributed by atoms with van der Waals surface area (Å²) in [7, 11) is 4.04. The molecule has 8 bridgehead atoms. The van der Waals surface area contributed by atoms with Gasteiger partial charge in [-0.1, -0.05) is 52.0 Å². The van der Waals surface area contributed by atoms with Crippen LogP contribution in [0.15, 0.2) is 36.7 Å². The van der Waals surface area contributed by atoms with Gasteiger partial charge in [-0.05, 0) is 0 Å². The molecule has 0 unspecified atom stereocenters. The van der Waals surface area contributed by atoms with Crippen LogP contribution in [-0.4, -0.2) is 19.1 Å². The minimum absolute atomic E-state index is 0. The average Bonchev–Trinajstić information content (AvgIpc) is 3.39. The maximum atomic E-state index is 4.98. The molecule has 1 aliphatic heterocycles. The van der Waals surface area contributed by atoms with Gasteiger partial charge >= 0.3 is 17.1 Å². The molecule has 0 fully saturated rings. The summed E-state index contributed by atoms with van der Waals surface area (Å²) in [5.74, 6) is 1.71. The van der Waals surface area contributed by atoms with Crippen molar-refractivity contribution in [2.24, 2.45) is 14.1 Å². The fourth-order valence-electron chi connectivity index (χ4n) is 3.92. The van der Waals surface area contributed by atoms with Crippen LogP contribution in [0.2, 0.25) is 0 Å². The number of nitrogens with zero attached hydrogens (tertiary/aromatic N) is 6. The van der Waals surface area contributed by atoms with Crippen molar-refractivity contribution < 1.29 is 17.1 Å². The van der Waals surface area contributed by atoms with E-state index in [1.807, 2.05) is 14.1 Å². The second-order valence-electron chi connectivity index (χ2n) is 8.80. The molecule has 153 valence electrons. The first-order valence-electron chi connectivity index (χ1n) is 9.55. The molecule has 1 aliphatic rings. The van der Waals surface area contributed by atoms with Gasteiger partial charge in [0, 0.05) is 37.3 Å². The standard InChI is InChI=1S/C22H24N6.Cu/c1-21(2)15-9-7-13(23-15)14-8-10-16(24-14)22(3,4)18-12-28(6)20(26-18)19-25-17(21)11-27(19)5;/h7-12H,1-6H3;/q-2;+2. The molecule has 0 aromatic carbocycles. The van der Waals surface area contributed by atoms with E-state index in [1.165, 1.54) is 0 Å². The fraction of sp³-hybridized carbons (Fsp3) is 0.364. The van der Waals surface area contributed by atoms with Gasteiger partial charge in [0.2, 0.25) is 0 Å². The minimum atomic E-state index is -0.318. The molecule has 0 N–H and O–H groups in total. The van der Waals surface area contributed by atoms with Crippen molar-refractivity contribution in [3.8, 4) is 23.0 Å². The summed E-state index contributed by atoms with van der Waals surface area (Å²) in [5, 5.41) is 0. The zero-order valence-corrected chi connectivity index (χ0v) is 18.4. The second-order valence-corrected chi connectivity index (χ2v) is 8.80. The summed E-state index contributed by atoms with van der Waals surface area (Å²) in [6.07, 6.45) is 4.17. The first kappa shape index (κ1) is 19.8. The van der Waals surface area contributed by atoms with Crippen LogP contribution in [0.5, 0.6) is 0 Å². The Bertz CT molecular complexity index is 1110. The molecular formula is C22H24CuN6. The van der Waals surface area contributed by atoms with Crippen LogP contribution in [0.25, 0.3) is 23.0 Å². The van der Waals surface area contributed by atoms with Gasteiger partial charge < -0.3 is 19.1 Å². The van der Waals surface area contributed by atoms with E-state index in [4.69, 9.17) is 19.9 Å². The molecule has 4 aromatic rings. The molecule has 0 aliphatic carbocycles. The van der Waals surface area contributed by atoms with Gasteiger partial charge in [-0.2, -0.15) is 11.4 Å². The maximum absolute atomic E-state index is 4.98. The summed E-state index contributed by atoms with van der Waals surface area (Å²) in [5.41, 5.74) is 5.11. The van der Waals surface area contributed by atoms with Crippen LogP contribution in [0.3, 0.4) is 0 Å². The predicted molar refractivity (Wildman–Crippen MR) is 108 cm³/mol. The van der Waals surface area contributed by atoms with Crippen LogP contribution in [-0.2, 0) is 42.0 Å². The Hall–Kier alpha value is -2.50. The third-order valence-corrected chi connectivity index (χ3v) is 6.06. The Morgan fingerprint density at radius 3 is 1.45 bits per heavy atom. The van der Waals surface area contributed by atoms with Crippen LogP contribution in [0, 0.1) is 0 Å². The number of aryl methyl sites for hydroxylation is 2. The molecule has 0 atom stereocenters. The number of aromatic nitrogens is 6. The van der Waals surface area contributed by atoms with Crippen molar-refractivity contribution in [2.45, 2.75) is 38.5 Å². The van der Waals surface area contributed by atoms with Crippen molar-refractivity contribution in [1.29, 1.82) is 0 Å². The molecule has 1 radical (unpaired) electrons. The minimum Gasteiger partial charge on any atom is -0.662 e. The van der Waals surface area contributed by atoms with Crippen LogP contribution in [0.1, 0.15) is 50.5 Å². The number of rotatable bonds is 0. The van der Waals surface area contributed by atoms with Gasteiger partial charge in [0.15, 0.2) is 11.6 Å². The Morgan fingerprint density at radius 1 is 0.690 bits per heavy atom. The van der Waals surface area contributed by atoms with E-state index in [0.29, 0.717) is 0 Å². The average molecular weight is 436 g/mol. The van der Waals surface area contributed by atoms with E-state index in [-0.39, 0.29) is 27.9 Å². The quantitative estimate of drug-likeness (QED) is 0.397. The fourth-order valence-corrected chi connectivity index (χ4v) is 3.92. The molecule has 5 rings (SSSR count). The zero-order chi connectivity index (χ0) is 19.8. The smallest absolute Gasteiger partial charge is 0.662 e. The van der Waals surface area contributed by atoms with E-state index in [0.717, 1.165) is 45.8 Å². The van der Waals surface area contributed by atoms with Crippen molar-refractivity contribution >= 4 is 0 Å². The summed E-state index contributed by atoms with van der Waals surface area (Å²) < 4.78 is 4.11. The van der Waals surface area contributed by atoms with E-state index in [9.17, 15) is 0 Å². The van der Waals surface area contributed by atoms with Crippen molar-refractivity contribution in [2.75, 3.05) is 0 Å². The van der Waals surface area contributed by atoms with Gasteiger partial charge in [-0.15, -0.1) is 11.4 Å². The largest absolute Gasteiger partial charge is 2.00 e. The number of imidazole rings is 2. The summed E-state index contributed by atoms with van der Waals surface area (Å²) in [6, 6.07) is 8.28. The molecule has 0 amide bonds. The molecule has 6 nitrogen and oxygen atoms in total. The maximum Gasteiger partial charge on any atom is 2.00 e. The van der Waals surface area contributed by atoms with Crippen molar-refractivity contribution in [3.05, 3.63) is 59.4 Å². The summed E-state index contributed by atoms with van der Waals surface area (Å²) in [6.45, 7) is 8.64. The van der Waals surface area contributed by atoms with Gasteiger partial charge in [0.05, 0.1) is 11.4 Å². The Morgan fingerprint density at radius 2 is 1.07 bits per heavy atom. The van der Waals surface area contributed by atoms with E-state index in [1.54, 1.807) is 0 Å². The third-order valence-electron chi connectivity index (χ3n) is 6.06. The van der Waals surface area contributed by atoms with Gasteiger partial charge in [0.25, 0.3) is 0 Å². The third kappa shape index (κ3) is 2.75. The van der Waals surface area contributed by atoms with E-state index < -0.39 is 0 Å². The number of fused-ring (bicyclic) bond motifs is 10. The van der Waals surface area contributed by atoms with E-state index >= 15 is 0 Å². The molecule has 5 heterocycles. The molecule has 0 saturated heterocycles. The molecular weight excluding hydrogens is 412 g/mol. The molecule has 29 heavy (non-hydrogen) atoms. The number of hydrogen-bond acceptors (Lipinski definition) is 2. The van der Waals surface area contributed by atoms with Crippen molar-refractivity contribution in [3.63, 3.8) is 0 Å². The van der Waals surface area contributed by atoms with Crippen LogP contribution < -0.4 is 9.97 Å². The van der Waals surface area contributed by atoms with Gasteiger partial charge in [0.1, 0.15) is 0 Å². The van der Waals surface area contributed by atoms with Gasteiger partial charge in [-0.3, -0.25) is 0 Å². The molecule has 0 saturated carbocycles. The monoisotopic (exact) mass is 435 g/mol. The first-order chi connectivity index (χ1) is 13.2. The first-order valence-corrected chi connectivity index (χ1v) is 9.55. The molecule has 4 aromatic heterocycles. The second kappa shape index (κ2) is 6.25. The van der Waals surface area contributed by atoms with Crippen LogP contribution in [0.4, 0.5) is 0 Å². The van der Waals surface area contributed by atoms with Crippen LogP contribution >= 0.6 is 0 Å². The normalized spacial score (nSPS) is 16.2. The van der Waals surface area contributed by atoms with Crippen molar-refractivity contribution in [1.82, 2.24) is 29.1 Å². The predicted octanol–water partition coefficient (Wildman–Crippen LogP) is 3.36. The van der Waals surface area contributed by atoms with E-state index in [2.05, 4.69) is 73.5 Å². The Kier molecular flexibility index (Phi) is 4.26. The topological polar surface area (TPSA) is 63.8 Å².